The summed E-state index contributed by atoms with van der Waals surface area (Å²) in [5.41, 5.74) is 4.15. The number of pyridine rings is 1. The minimum Gasteiger partial charge on any atom is -0.313 e. The molecule has 0 saturated carbocycles. The van der Waals surface area contributed by atoms with Gasteiger partial charge in [-0.15, -0.1) is 0 Å². The fourth-order valence-electron chi connectivity index (χ4n) is 2.09. The molecule has 19 heavy (non-hydrogen) atoms. The van der Waals surface area contributed by atoms with Crippen LogP contribution in [0.15, 0.2) is 36.7 Å². The molecule has 0 amide bonds. The molecule has 0 radical (unpaired) electrons. The summed E-state index contributed by atoms with van der Waals surface area (Å²) >= 11 is 0. The van der Waals surface area contributed by atoms with Crippen molar-refractivity contribution in [3.63, 3.8) is 0 Å². The Kier molecular flexibility index (Phi) is 4.63. The molecular weight excluding hydrogens is 239 g/mol. The Balaban J connectivity index is 2.22. The maximum absolute atomic E-state index is 13.1. The Morgan fingerprint density at radius 3 is 2.79 bits per heavy atom. The van der Waals surface area contributed by atoms with Gasteiger partial charge in [0.05, 0.1) is 0 Å². The van der Waals surface area contributed by atoms with Crippen LogP contribution in [0.4, 0.5) is 4.39 Å². The van der Waals surface area contributed by atoms with Gasteiger partial charge in [0.25, 0.3) is 0 Å². The Hall–Kier alpha value is -1.74. The molecule has 0 spiro atoms. The van der Waals surface area contributed by atoms with Crippen molar-refractivity contribution in [1.29, 1.82) is 0 Å². The summed E-state index contributed by atoms with van der Waals surface area (Å²) < 4.78 is 13.1. The largest absolute Gasteiger partial charge is 0.313 e. The van der Waals surface area contributed by atoms with Gasteiger partial charge in [0, 0.05) is 24.5 Å². The minimum absolute atomic E-state index is 0.199. The van der Waals surface area contributed by atoms with Gasteiger partial charge in [0.1, 0.15) is 5.82 Å². The van der Waals surface area contributed by atoms with Crippen LogP contribution in [-0.4, -0.2) is 11.5 Å². The molecule has 0 aliphatic rings. The number of rotatable bonds is 5. The average molecular weight is 258 g/mol. The predicted molar refractivity (Wildman–Crippen MR) is 76.4 cm³/mol. The van der Waals surface area contributed by atoms with E-state index in [1.54, 1.807) is 6.07 Å². The van der Waals surface area contributed by atoms with Gasteiger partial charge in [0.2, 0.25) is 0 Å². The lowest BCUT2D eigenvalue weighted by Crippen LogP contribution is -2.13. The third kappa shape index (κ3) is 3.61. The van der Waals surface area contributed by atoms with Gasteiger partial charge in [-0.05, 0) is 54.8 Å². The van der Waals surface area contributed by atoms with E-state index in [0.29, 0.717) is 0 Å². The first-order chi connectivity index (χ1) is 9.20. The molecule has 1 heterocycles. The molecule has 1 aromatic heterocycles. The summed E-state index contributed by atoms with van der Waals surface area (Å²) in [7, 11) is 0. The van der Waals surface area contributed by atoms with Crippen LogP contribution < -0.4 is 5.32 Å². The first-order valence-corrected chi connectivity index (χ1v) is 6.62. The van der Waals surface area contributed by atoms with Crippen LogP contribution in [0.1, 0.15) is 24.5 Å². The van der Waals surface area contributed by atoms with E-state index in [0.717, 1.165) is 41.8 Å². The van der Waals surface area contributed by atoms with Crippen LogP contribution in [0.2, 0.25) is 0 Å². The molecule has 0 unspecified atom stereocenters. The number of aryl methyl sites for hydroxylation is 1. The second-order valence-corrected chi connectivity index (χ2v) is 4.72. The summed E-state index contributed by atoms with van der Waals surface area (Å²) in [5, 5.41) is 3.35. The van der Waals surface area contributed by atoms with Crippen LogP contribution in [0.3, 0.4) is 0 Å². The highest BCUT2D eigenvalue weighted by Gasteiger charge is 2.04. The highest BCUT2D eigenvalue weighted by atomic mass is 19.1. The Labute approximate surface area is 113 Å². The zero-order chi connectivity index (χ0) is 13.7. The highest BCUT2D eigenvalue weighted by Crippen LogP contribution is 2.24. The molecule has 0 fully saturated rings. The smallest absolute Gasteiger partial charge is 0.123 e. The molecule has 0 aliphatic carbocycles. The second-order valence-electron chi connectivity index (χ2n) is 4.72. The Bertz CT molecular complexity index is 552. The molecule has 2 aromatic rings. The van der Waals surface area contributed by atoms with Crippen molar-refractivity contribution in [1.82, 2.24) is 10.3 Å². The fraction of sp³-hybridized carbons (Fsp3) is 0.312. The molecule has 0 aliphatic heterocycles. The van der Waals surface area contributed by atoms with Crippen molar-refractivity contribution in [2.24, 2.45) is 0 Å². The van der Waals surface area contributed by atoms with E-state index in [-0.39, 0.29) is 5.82 Å². The summed E-state index contributed by atoms with van der Waals surface area (Å²) in [5.74, 6) is -0.199. The molecule has 1 aromatic carbocycles. The number of nitrogens with zero attached hydrogens (tertiary/aromatic N) is 1. The number of hydrogen-bond donors (Lipinski definition) is 1. The SMILES string of the molecule is CCCNCc1cncc(-c2ccc(F)cc2C)c1. The topological polar surface area (TPSA) is 24.9 Å². The average Bonchev–Trinajstić information content (AvgIpc) is 2.39. The first kappa shape index (κ1) is 13.7. The molecule has 2 rings (SSSR count). The van der Waals surface area contributed by atoms with Crippen molar-refractivity contribution in [3.8, 4) is 11.1 Å². The monoisotopic (exact) mass is 258 g/mol. The first-order valence-electron chi connectivity index (χ1n) is 6.62. The number of nitrogens with one attached hydrogen (secondary N) is 1. The number of hydrogen-bond acceptors (Lipinski definition) is 2. The minimum atomic E-state index is -0.199. The molecule has 0 atom stereocenters. The van der Waals surface area contributed by atoms with Crippen molar-refractivity contribution >= 4 is 0 Å². The molecular formula is C16H19FN2. The lowest BCUT2D eigenvalue weighted by molar-refractivity contribution is 0.627. The van der Waals surface area contributed by atoms with Crippen LogP contribution in [0, 0.1) is 12.7 Å². The summed E-state index contributed by atoms with van der Waals surface area (Å²) in [6.45, 7) is 5.87. The van der Waals surface area contributed by atoms with E-state index in [4.69, 9.17) is 0 Å². The lowest BCUT2D eigenvalue weighted by atomic mass is 10.0. The van der Waals surface area contributed by atoms with Gasteiger partial charge >= 0.3 is 0 Å². The van der Waals surface area contributed by atoms with Crippen LogP contribution in [0.25, 0.3) is 11.1 Å². The number of aromatic nitrogens is 1. The van der Waals surface area contributed by atoms with Gasteiger partial charge in [-0.1, -0.05) is 13.0 Å². The van der Waals surface area contributed by atoms with Crippen molar-refractivity contribution in [2.45, 2.75) is 26.8 Å². The molecule has 2 nitrogen and oxygen atoms in total. The zero-order valence-electron chi connectivity index (χ0n) is 11.4. The Morgan fingerprint density at radius 2 is 2.05 bits per heavy atom. The molecule has 100 valence electrons. The van der Waals surface area contributed by atoms with Gasteiger partial charge in [0.15, 0.2) is 0 Å². The Morgan fingerprint density at radius 1 is 1.21 bits per heavy atom. The van der Waals surface area contributed by atoms with Gasteiger partial charge < -0.3 is 5.32 Å². The van der Waals surface area contributed by atoms with Crippen LogP contribution >= 0.6 is 0 Å². The maximum Gasteiger partial charge on any atom is 0.123 e. The molecule has 0 bridgehead atoms. The summed E-state index contributed by atoms with van der Waals surface area (Å²) in [6, 6.07) is 6.96. The lowest BCUT2D eigenvalue weighted by Gasteiger charge is -2.08. The van der Waals surface area contributed by atoms with E-state index < -0.39 is 0 Å². The molecule has 1 N–H and O–H groups in total. The van der Waals surface area contributed by atoms with Gasteiger partial charge in [-0.2, -0.15) is 0 Å². The van der Waals surface area contributed by atoms with E-state index in [1.807, 2.05) is 25.4 Å². The maximum atomic E-state index is 13.1. The van der Waals surface area contributed by atoms with Crippen LogP contribution in [-0.2, 0) is 6.54 Å². The van der Waals surface area contributed by atoms with Crippen molar-refractivity contribution < 1.29 is 4.39 Å². The standard InChI is InChI=1S/C16H19FN2/c1-3-6-18-9-13-8-14(11-19-10-13)16-5-4-15(17)7-12(16)2/h4-5,7-8,10-11,18H,3,6,9H2,1-2H3. The van der Waals surface area contributed by atoms with Gasteiger partial charge in [-0.3, -0.25) is 4.98 Å². The van der Waals surface area contributed by atoms with E-state index in [9.17, 15) is 4.39 Å². The van der Waals surface area contributed by atoms with E-state index in [2.05, 4.69) is 23.3 Å². The summed E-state index contributed by atoms with van der Waals surface area (Å²) in [4.78, 5) is 4.27. The highest BCUT2D eigenvalue weighted by molar-refractivity contribution is 5.66. The normalized spacial score (nSPS) is 10.7. The third-order valence-electron chi connectivity index (χ3n) is 3.05. The third-order valence-corrected chi connectivity index (χ3v) is 3.05. The molecule has 3 heteroatoms. The van der Waals surface area contributed by atoms with Crippen molar-refractivity contribution in [3.05, 3.63) is 53.6 Å². The second kappa shape index (κ2) is 6.43. The van der Waals surface area contributed by atoms with Gasteiger partial charge in [-0.25, -0.2) is 4.39 Å². The fourth-order valence-corrected chi connectivity index (χ4v) is 2.09. The van der Waals surface area contributed by atoms with Crippen LogP contribution in [0.5, 0.6) is 0 Å². The number of benzene rings is 1. The van der Waals surface area contributed by atoms with E-state index >= 15 is 0 Å². The zero-order valence-corrected chi connectivity index (χ0v) is 11.4. The van der Waals surface area contributed by atoms with E-state index in [1.165, 1.54) is 6.07 Å². The van der Waals surface area contributed by atoms with Crippen molar-refractivity contribution in [2.75, 3.05) is 6.54 Å². The summed E-state index contributed by atoms with van der Waals surface area (Å²) in [6.07, 6.45) is 4.80. The molecule has 0 saturated heterocycles. The quantitative estimate of drug-likeness (QED) is 0.827. The predicted octanol–water partition coefficient (Wildman–Crippen LogP) is 3.70. The number of halogens is 1.